The highest BCUT2D eigenvalue weighted by Gasteiger charge is 2.45. The average Bonchev–Trinajstić information content (AvgIpc) is 2.79. The molecule has 1 heterocycles. The van der Waals surface area contributed by atoms with Crippen LogP contribution < -0.4 is 0 Å². The zero-order valence-corrected chi connectivity index (χ0v) is 11.0. The Labute approximate surface area is 104 Å². The third-order valence-electron chi connectivity index (χ3n) is 4.25. The van der Waals surface area contributed by atoms with E-state index >= 15 is 0 Å². The Hall–Kier alpha value is -0.120. The summed E-state index contributed by atoms with van der Waals surface area (Å²) in [6, 6.07) is 0. The molecular formula is C14H26O3. The van der Waals surface area contributed by atoms with Crippen molar-refractivity contribution >= 4 is 0 Å². The molecule has 3 heteroatoms. The highest BCUT2D eigenvalue weighted by molar-refractivity contribution is 4.91. The monoisotopic (exact) mass is 242 g/mol. The highest BCUT2D eigenvalue weighted by Crippen LogP contribution is 2.42. The van der Waals surface area contributed by atoms with Crippen LogP contribution in [0.4, 0.5) is 0 Å². The van der Waals surface area contributed by atoms with Crippen molar-refractivity contribution in [2.24, 2.45) is 0 Å². The fraction of sp³-hybridized carbons (Fsp3) is 1.00. The zero-order valence-electron chi connectivity index (χ0n) is 11.0. The van der Waals surface area contributed by atoms with E-state index in [1.807, 2.05) is 0 Å². The summed E-state index contributed by atoms with van der Waals surface area (Å²) in [6.07, 6.45) is 9.27. The molecule has 0 bridgehead atoms. The second-order valence-electron chi connectivity index (χ2n) is 5.64. The average molecular weight is 242 g/mol. The number of aliphatic hydroxyl groups is 1. The van der Waals surface area contributed by atoms with E-state index < -0.39 is 5.60 Å². The molecule has 0 amide bonds. The second kappa shape index (κ2) is 5.68. The molecule has 1 saturated carbocycles. The van der Waals surface area contributed by atoms with Crippen LogP contribution in [0.1, 0.15) is 64.7 Å². The van der Waals surface area contributed by atoms with Crippen LogP contribution in [0, 0.1) is 0 Å². The van der Waals surface area contributed by atoms with Gasteiger partial charge in [0.05, 0.1) is 18.8 Å². The zero-order chi connectivity index (χ0) is 12.2. The summed E-state index contributed by atoms with van der Waals surface area (Å²) in [6.45, 7) is 3.65. The summed E-state index contributed by atoms with van der Waals surface area (Å²) < 4.78 is 11.4. The van der Waals surface area contributed by atoms with Crippen LogP contribution in [0.15, 0.2) is 0 Å². The molecule has 100 valence electrons. The van der Waals surface area contributed by atoms with Crippen molar-refractivity contribution in [3.8, 4) is 0 Å². The second-order valence-corrected chi connectivity index (χ2v) is 5.64. The van der Waals surface area contributed by atoms with E-state index in [0.29, 0.717) is 0 Å². The molecule has 1 N–H and O–H groups in total. The molecule has 0 radical (unpaired) electrons. The van der Waals surface area contributed by atoms with Gasteiger partial charge in [0.25, 0.3) is 0 Å². The minimum atomic E-state index is -0.450. The minimum absolute atomic E-state index is 0.338. The topological polar surface area (TPSA) is 38.7 Å². The van der Waals surface area contributed by atoms with Crippen LogP contribution in [-0.4, -0.2) is 29.7 Å². The molecule has 2 aliphatic rings. The Morgan fingerprint density at radius 2 is 1.59 bits per heavy atom. The Balaban J connectivity index is 1.72. The van der Waals surface area contributed by atoms with Crippen molar-refractivity contribution in [1.82, 2.24) is 0 Å². The Bertz CT molecular complexity index is 224. The van der Waals surface area contributed by atoms with E-state index in [1.165, 1.54) is 19.3 Å². The first-order valence-electron chi connectivity index (χ1n) is 7.18. The van der Waals surface area contributed by atoms with Gasteiger partial charge in [0.2, 0.25) is 0 Å². The van der Waals surface area contributed by atoms with Gasteiger partial charge in [-0.2, -0.15) is 0 Å². The lowest BCUT2D eigenvalue weighted by Crippen LogP contribution is -2.43. The minimum Gasteiger partial charge on any atom is -0.390 e. The van der Waals surface area contributed by atoms with Crippen LogP contribution in [-0.2, 0) is 9.47 Å². The maximum Gasteiger partial charge on any atom is 0.168 e. The van der Waals surface area contributed by atoms with Gasteiger partial charge in [-0.25, -0.2) is 0 Å². The summed E-state index contributed by atoms with van der Waals surface area (Å²) in [4.78, 5) is 0. The molecule has 0 aromatic carbocycles. The van der Waals surface area contributed by atoms with Gasteiger partial charge >= 0.3 is 0 Å². The molecule has 1 aliphatic carbocycles. The Morgan fingerprint density at radius 3 is 2.18 bits per heavy atom. The normalized spacial score (nSPS) is 26.5. The van der Waals surface area contributed by atoms with Crippen LogP contribution >= 0.6 is 0 Å². The lowest BCUT2D eigenvalue weighted by Gasteiger charge is -2.40. The third-order valence-corrected chi connectivity index (χ3v) is 4.25. The first-order valence-corrected chi connectivity index (χ1v) is 7.18. The molecule has 1 aliphatic heterocycles. The van der Waals surface area contributed by atoms with E-state index in [0.717, 1.165) is 51.7 Å². The van der Waals surface area contributed by atoms with Crippen LogP contribution in [0.5, 0.6) is 0 Å². The van der Waals surface area contributed by atoms with Crippen molar-refractivity contribution < 1.29 is 14.6 Å². The van der Waals surface area contributed by atoms with Gasteiger partial charge in [0.15, 0.2) is 5.79 Å². The smallest absolute Gasteiger partial charge is 0.168 e. The molecule has 17 heavy (non-hydrogen) atoms. The van der Waals surface area contributed by atoms with Gasteiger partial charge < -0.3 is 14.6 Å². The highest BCUT2D eigenvalue weighted by atomic mass is 16.7. The van der Waals surface area contributed by atoms with Gasteiger partial charge in [-0.15, -0.1) is 0 Å². The quantitative estimate of drug-likeness (QED) is 0.753. The van der Waals surface area contributed by atoms with Crippen molar-refractivity contribution in [3.05, 3.63) is 0 Å². The first kappa shape index (κ1) is 13.3. The molecular weight excluding hydrogens is 216 g/mol. The largest absolute Gasteiger partial charge is 0.390 e. The summed E-state index contributed by atoms with van der Waals surface area (Å²) in [5.41, 5.74) is -0.450. The molecule has 2 rings (SSSR count). The van der Waals surface area contributed by atoms with Crippen molar-refractivity contribution in [3.63, 3.8) is 0 Å². The lowest BCUT2D eigenvalue weighted by molar-refractivity contribution is -0.203. The summed E-state index contributed by atoms with van der Waals surface area (Å²) in [5, 5.41) is 10.5. The van der Waals surface area contributed by atoms with E-state index in [2.05, 4.69) is 6.92 Å². The fourth-order valence-electron chi connectivity index (χ4n) is 3.01. The van der Waals surface area contributed by atoms with Crippen LogP contribution in [0.3, 0.4) is 0 Å². The van der Waals surface area contributed by atoms with E-state index in [4.69, 9.17) is 9.47 Å². The summed E-state index contributed by atoms with van der Waals surface area (Å²) in [5.74, 6) is -0.338. The van der Waals surface area contributed by atoms with E-state index in [1.54, 1.807) is 0 Å². The number of hydrogen-bond donors (Lipinski definition) is 1. The van der Waals surface area contributed by atoms with E-state index in [9.17, 15) is 5.11 Å². The van der Waals surface area contributed by atoms with Gasteiger partial charge in [0.1, 0.15) is 0 Å². The predicted octanol–water partition coefficient (Wildman–Crippen LogP) is 3.01. The standard InChI is InChI=1S/C14H26O3/c1-2-3-4-5-6-13(15)7-9-14(10-8-13)16-11-12-17-14/h15H,2-12H2,1H3. The number of unbranched alkanes of at least 4 members (excludes halogenated alkanes) is 3. The summed E-state index contributed by atoms with van der Waals surface area (Å²) >= 11 is 0. The molecule has 2 fully saturated rings. The maximum absolute atomic E-state index is 10.5. The van der Waals surface area contributed by atoms with Crippen LogP contribution in [0.25, 0.3) is 0 Å². The van der Waals surface area contributed by atoms with Gasteiger partial charge in [-0.05, 0) is 19.3 Å². The first-order chi connectivity index (χ1) is 8.18. The summed E-state index contributed by atoms with van der Waals surface area (Å²) in [7, 11) is 0. The van der Waals surface area contributed by atoms with Crippen LogP contribution in [0.2, 0.25) is 0 Å². The van der Waals surface area contributed by atoms with Gasteiger partial charge in [-0.3, -0.25) is 0 Å². The van der Waals surface area contributed by atoms with Gasteiger partial charge in [-0.1, -0.05) is 32.6 Å². The Morgan fingerprint density at radius 1 is 0.941 bits per heavy atom. The molecule has 0 aromatic heterocycles. The van der Waals surface area contributed by atoms with Crippen molar-refractivity contribution in [2.45, 2.75) is 76.1 Å². The molecule has 1 saturated heterocycles. The number of hydrogen-bond acceptors (Lipinski definition) is 3. The molecule has 1 spiro atoms. The Kier molecular flexibility index (Phi) is 4.45. The fourth-order valence-corrected chi connectivity index (χ4v) is 3.01. The van der Waals surface area contributed by atoms with Crippen molar-refractivity contribution in [2.75, 3.05) is 13.2 Å². The molecule has 3 nitrogen and oxygen atoms in total. The number of ether oxygens (including phenoxy) is 2. The molecule has 0 unspecified atom stereocenters. The predicted molar refractivity (Wildman–Crippen MR) is 66.8 cm³/mol. The molecule has 0 aromatic rings. The third kappa shape index (κ3) is 3.43. The van der Waals surface area contributed by atoms with Crippen molar-refractivity contribution in [1.29, 1.82) is 0 Å². The maximum atomic E-state index is 10.5. The SMILES string of the molecule is CCCCCCC1(O)CCC2(CC1)OCCO2. The van der Waals surface area contributed by atoms with Gasteiger partial charge in [0, 0.05) is 12.8 Å². The van der Waals surface area contributed by atoms with E-state index in [-0.39, 0.29) is 5.79 Å². The lowest BCUT2D eigenvalue weighted by atomic mass is 9.78. The number of rotatable bonds is 5. The molecule has 0 atom stereocenters.